The molecule has 1 saturated heterocycles. The van der Waals surface area contributed by atoms with Crippen molar-refractivity contribution in [2.24, 2.45) is 0 Å². The Morgan fingerprint density at radius 2 is 2.30 bits per heavy atom. The maximum atomic E-state index is 12.5. The molecule has 0 N–H and O–H groups in total. The van der Waals surface area contributed by atoms with Gasteiger partial charge in [-0.05, 0) is 24.6 Å². The number of pyridine rings is 1. The van der Waals surface area contributed by atoms with Gasteiger partial charge in [0.15, 0.2) is 0 Å². The van der Waals surface area contributed by atoms with Gasteiger partial charge in [0.05, 0.1) is 11.5 Å². The molecule has 122 valence electrons. The Balaban J connectivity index is 2.09. The second-order valence-corrected chi connectivity index (χ2v) is 6.35. The van der Waals surface area contributed by atoms with Gasteiger partial charge >= 0.3 is 5.97 Å². The van der Waals surface area contributed by atoms with Gasteiger partial charge in [-0.25, -0.2) is 4.79 Å². The van der Waals surface area contributed by atoms with E-state index in [1.165, 1.54) is 12.0 Å². The number of amides is 1. The lowest BCUT2D eigenvalue weighted by molar-refractivity contribution is -0.151. The quantitative estimate of drug-likeness (QED) is 0.335. The molecule has 2 rings (SSSR count). The van der Waals surface area contributed by atoms with Crippen LogP contribution in [-0.4, -0.2) is 52.4 Å². The Morgan fingerprint density at radius 3 is 2.96 bits per heavy atom. The number of carbonyl (C=O) groups is 2. The molecule has 0 spiro atoms. The van der Waals surface area contributed by atoms with Gasteiger partial charge in [-0.15, -0.1) is 0 Å². The zero-order valence-electron chi connectivity index (χ0n) is 12.7. The fourth-order valence-corrected chi connectivity index (χ4v) is 3.30. The minimum Gasteiger partial charge on any atom is -0.462 e. The Hall–Kier alpha value is -1.77. The van der Waals surface area contributed by atoms with Crippen LogP contribution < -0.4 is 0 Å². The summed E-state index contributed by atoms with van der Waals surface area (Å²) in [6, 6.07) is 2.84. The Kier molecular flexibility index (Phi) is 6.26. The van der Waals surface area contributed by atoms with Crippen LogP contribution in [0.5, 0.6) is 0 Å². The maximum Gasteiger partial charge on any atom is 0.329 e. The van der Waals surface area contributed by atoms with Crippen molar-refractivity contribution in [3.05, 3.63) is 35.0 Å². The van der Waals surface area contributed by atoms with Crippen LogP contribution >= 0.6 is 24.0 Å². The molecule has 0 aromatic carbocycles. The van der Waals surface area contributed by atoms with Crippen LogP contribution in [0, 0.1) is 0 Å². The van der Waals surface area contributed by atoms with Gasteiger partial charge in [-0.1, -0.05) is 30.0 Å². The molecule has 1 aromatic rings. The summed E-state index contributed by atoms with van der Waals surface area (Å²) in [6.45, 7) is 2.03. The third-order valence-electron chi connectivity index (χ3n) is 3.07. The highest BCUT2D eigenvalue weighted by Gasteiger charge is 2.38. The van der Waals surface area contributed by atoms with Crippen molar-refractivity contribution in [3.63, 3.8) is 0 Å². The van der Waals surface area contributed by atoms with E-state index in [0.717, 1.165) is 17.3 Å². The number of thioether (sulfide) groups is 1. The summed E-state index contributed by atoms with van der Waals surface area (Å²) in [7, 11) is 1.52. The van der Waals surface area contributed by atoms with Crippen molar-refractivity contribution >= 4 is 46.3 Å². The first-order valence-electron chi connectivity index (χ1n) is 6.87. The van der Waals surface area contributed by atoms with Crippen LogP contribution in [0.3, 0.4) is 0 Å². The number of ether oxygens (including phenoxy) is 2. The number of hydrogen-bond acceptors (Lipinski definition) is 7. The first kappa shape index (κ1) is 17.6. The third-order valence-corrected chi connectivity index (χ3v) is 4.40. The van der Waals surface area contributed by atoms with Crippen LogP contribution in [0.25, 0.3) is 6.08 Å². The largest absolute Gasteiger partial charge is 0.462 e. The van der Waals surface area contributed by atoms with Crippen LogP contribution in [0.4, 0.5) is 0 Å². The second-order valence-electron chi connectivity index (χ2n) is 4.67. The molecule has 23 heavy (non-hydrogen) atoms. The summed E-state index contributed by atoms with van der Waals surface area (Å²) in [5.41, 5.74) is 0.795. The van der Waals surface area contributed by atoms with Crippen LogP contribution in [0.1, 0.15) is 12.5 Å². The van der Waals surface area contributed by atoms with Crippen LogP contribution in [-0.2, 0) is 19.1 Å². The molecule has 0 radical (unpaired) electrons. The van der Waals surface area contributed by atoms with Gasteiger partial charge in [0.25, 0.3) is 5.91 Å². The lowest BCUT2D eigenvalue weighted by atomic mass is 10.2. The highest BCUT2D eigenvalue weighted by molar-refractivity contribution is 8.26. The van der Waals surface area contributed by atoms with E-state index in [9.17, 15) is 9.59 Å². The van der Waals surface area contributed by atoms with E-state index in [-0.39, 0.29) is 12.5 Å². The number of thiocarbonyl (C=S) groups is 1. The fourth-order valence-electron chi connectivity index (χ4n) is 1.88. The SMILES string of the molecule is COCCOC(=O)[C@@H](C)N1C(=O)/C(=C/c2cccnc2)SC1=S. The molecule has 0 aliphatic carbocycles. The predicted molar refractivity (Wildman–Crippen MR) is 91.5 cm³/mol. The summed E-state index contributed by atoms with van der Waals surface area (Å²) in [4.78, 5) is 30.2. The Labute approximate surface area is 143 Å². The van der Waals surface area contributed by atoms with Crippen LogP contribution in [0.15, 0.2) is 29.4 Å². The molecule has 6 nitrogen and oxygen atoms in total. The smallest absolute Gasteiger partial charge is 0.329 e. The van der Waals surface area contributed by atoms with E-state index >= 15 is 0 Å². The molecule has 0 saturated carbocycles. The summed E-state index contributed by atoms with van der Waals surface area (Å²) in [5.74, 6) is -0.818. The number of rotatable bonds is 6. The minimum absolute atomic E-state index is 0.139. The molecule has 1 aromatic heterocycles. The molecule has 1 aliphatic heterocycles. The monoisotopic (exact) mass is 352 g/mol. The predicted octanol–water partition coefficient (Wildman–Crippen LogP) is 1.86. The molecule has 1 amide bonds. The molecule has 2 heterocycles. The van der Waals surface area contributed by atoms with Crippen molar-refractivity contribution in [2.45, 2.75) is 13.0 Å². The fraction of sp³-hybridized carbons (Fsp3) is 0.333. The van der Waals surface area contributed by atoms with Gasteiger partial charge in [0.2, 0.25) is 0 Å². The van der Waals surface area contributed by atoms with Crippen molar-refractivity contribution in [1.82, 2.24) is 9.88 Å². The third kappa shape index (κ3) is 4.37. The van der Waals surface area contributed by atoms with E-state index in [1.807, 2.05) is 6.07 Å². The summed E-state index contributed by atoms with van der Waals surface area (Å²) < 4.78 is 10.2. The average Bonchev–Trinajstić information content (AvgIpc) is 2.82. The first-order valence-corrected chi connectivity index (χ1v) is 8.09. The highest BCUT2D eigenvalue weighted by atomic mass is 32.2. The normalized spacial score (nSPS) is 17.7. The molecule has 1 fully saturated rings. The maximum absolute atomic E-state index is 12.5. The highest BCUT2D eigenvalue weighted by Crippen LogP contribution is 2.34. The van der Waals surface area contributed by atoms with Crippen molar-refractivity contribution < 1.29 is 19.1 Å². The topological polar surface area (TPSA) is 68.7 Å². The van der Waals surface area contributed by atoms with E-state index < -0.39 is 12.0 Å². The molecular formula is C15H16N2O4S2. The van der Waals surface area contributed by atoms with Crippen molar-refractivity contribution in [1.29, 1.82) is 0 Å². The number of esters is 1. The average molecular weight is 352 g/mol. The van der Waals surface area contributed by atoms with Gasteiger partial charge in [-0.2, -0.15) is 0 Å². The minimum atomic E-state index is -0.779. The molecule has 0 bridgehead atoms. The van der Waals surface area contributed by atoms with Gasteiger partial charge in [0, 0.05) is 19.5 Å². The summed E-state index contributed by atoms with van der Waals surface area (Å²) >= 11 is 6.38. The molecule has 0 unspecified atom stereocenters. The van der Waals surface area contributed by atoms with Crippen LogP contribution in [0.2, 0.25) is 0 Å². The lowest BCUT2D eigenvalue weighted by Crippen LogP contribution is -2.42. The first-order chi connectivity index (χ1) is 11.0. The summed E-state index contributed by atoms with van der Waals surface area (Å²) in [6.07, 6.45) is 5.00. The van der Waals surface area contributed by atoms with E-state index in [0.29, 0.717) is 15.8 Å². The second kappa shape index (κ2) is 8.19. The zero-order chi connectivity index (χ0) is 16.8. The van der Waals surface area contributed by atoms with Gasteiger partial charge in [0.1, 0.15) is 17.0 Å². The number of aromatic nitrogens is 1. The number of nitrogens with zero attached hydrogens (tertiary/aromatic N) is 2. The molecular weight excluding hydrogens is 336 g/mol. The van der Waals surface area contributed by atoms with Crippen molar-refractivity contribution in [3.8, 4) is 0 Å². The molecule has 8 heteroatoms. The van der Waals surface area contributed by atoms with Crippen molar-refractivity contribution in [2.75, 3.05) is 20.3 Å². The van der Waals surface area contributed by atoms with E-state index in [1.54, 1.807) is 31.5 Å². The zero-order valence-corrected chi connectivity index (χ0v) is 14.4. The van der Waals surface area contributed by atoms with E-state index in [4.69, 9.17) is 21.7 Å². The number of carbonyl (C=O) groups excluding carboxylic acids is 2. The standard InChI is InChI=1S/C15H16N2O4S2/c1-10(14(19)21-7-6-20-2)17-13(18)12(23-15(17)22)8-11-4-3-5-16-9-11/h3-5,8-10H,6-7H2,1-2H3/b12-8-/t10-/m1/s1. The van der Waals surface area contributed by atoms with Gasteiger partial charge in [-0.3, -0.25) is 14.7 Å². The van der Waals surface area contributed by atoms with E-state index in [2.05, 4.69) is 4.98 Å². The number of hydrogen-bond donors (Lipinski definition) is 0. The Bertz CT molecular complexity index is 634. The molecule has 1 aliphatic rings. The Morgan fingerprint density at radius 1 is 1.52 bits per heavy atom. The number of methoxy groups -OCH3 is 1. The summed E-state index contributed by atoms with van der Waals surface area (Å²) in [5, 5.41) is 0. The molecule has 1 atom stereocenters. The van der Waals surface area contributed by atoms with Gasteiger partial charge < -0.3 is 9.47 Å². The lowest BCUT2D eigenvalue weighted by Gasteiger charge is -2.21.